The Morgan fingerprint density at radius 2 is 1.69 bits per heavy atom. The van der Waals surface area contributed by atoms with Crippen molar-refractivity contribution >= 4 is 11.8 Å². The van der Waals surface area contributed by atoms with Crippen LogP contribution in [0.2, 0.25) is 0 Å². The first-order chi connectivity index (χ1) is 17.0. The summed E-state index contributed by atoms with van der Waals surface area (Å²) >= 11 is 0. The third-order valence-electron chi connectivity index (χ3n) is 6.71. The van der Waals surface area contributed by atoms with Crippen LogP contribution in [0.1, 0.15) is 78.7 Å². The zero-order valence-corrected chi connectivity index (χ0v) is 20.7. The van der Waals surface area contributed by atoms with Gasteiger partial charge in [-0.2, -0.15) is 0 Å². The highest BCUT2D eigenvalue weighted by Gasteiger charge is 2.35. The van der Waals surface area contributed by atoms with Crippen LogP contribution in [-0.2, 0) is 11.3 Å². The lowest BCUT2D eigenvalue weighted by Crippen LogP contribution is -2.45. The van der Waals surface area contributed by atoms with E-state index in [9.17, 15) is 9.59 Å². The number of nitrogens with one attached hydrogen (secondary N) is 1. The first kappa shape index (κ1) is 24.6. The fourth-order valence-corrected chi connectivity index (χ4v) is 4.73. The van der Waals surface area contributed by atoms with E-state index in [0.717, 1.165) is 36.8 Å². The third-order valence-corrected chi connectivity index (χ3v) is 6.71. The molecule has 0 spiro atoms. The van der Waals surface area contributed by atoms with Gasteiger partial charge in [0.05, 0.1) is 19.9 Å². The smallest absolute Gasteiger partial charge is 0.290 e. The molecule has 4 rings (SSSR count). The molecule has 1 atom stereocenters. The zero-order chi connectivity index (χ0) is 24.8. The number of carbonyl (C=O) groups is 2. The molecule has 2 amide bonds. The summed E-state index contributed by atoms with van der Waals surface area (Å²) in [6.45, 7) is 4.46. The van der Waals surface area contributed by atoms with Gasteiger partial charge in [-0.05, 0) is 48.1 Å². The Morgan fingerprint density at radius 1 is 1.00 bits per heavy atom. The summed E-state index contributed by atoms with van der Waals surface area (Å²) in [5.74, 6) is 0.695. The first-order valence-corrected chi connectivity index (χ1v) is 12.3. The molecule has 1 saturated carbocycles. The SMILES string of the molecule is COc1ccccc1CN(C(=O)c1ccco1)[C@@H](C(=O)NC1CCCC1)c1ccc(C(C)C)cc1. The third kappa shape index (κ3) is 5.76. The molecule has 35 heavy (non-hydrogen) atoms. The number of ether oxygens (including phenoxy) is 1. The highest BCUT2D eigenvalue weighted by atomic mass is 16.5. The molecule has 1 N–H and O–H groups in total. The second-order valence-corrected chi connectivity index (χ2v) is 9.44. The average Bonchev–Trinajstić information content (AvgIpc) is 3.58. The number of nitrogens with zero attached hydrogens (tertiary/aromatic N) is 1. The predicted molar refractivity (Wildman–Crippen MR) is 135 cm³/mol. The maximum atomic E-state index is 13.8. The minimum atomic E-state index is -0.820. The normalized spacial score (nSPS) is 14.6. The van der Waals surface area contributed by atoms with E-state index in [1.54, 1.807) is 24.1 Å². The Labute approximate surface area is 207 Å². The summed E-state index contributed by atoms with van der Waals surface area (Å²) in [6, 6.07) is 18.2. The van der Waals surface area contributed by atoms with Crippen molar-refractivity contribution < 1.29 is 18.7 Å². The second kappa shape index (κ2) is 11.3. The molecule has 0 radical (unpaired) electrons. The number of para-hydroxylation sites is 1. The Bertz CT molecular complexity index is 1120. The highest BCUT2D eigenvalue weighted by Crippen LogP contribution is 2.30. The molecule has 0 aliphatic heterocycles. The van der Waals surface area contributed by atoms with Gasteiger partial charge in [0.15, 0.2) is 5.76 Å². The average molecular weight is 475 g/mol. The van der Waals surface area contributed by atoms with E-state index in [1.165, 1.54) is 11.8 Å². The van der Waals surface area contributed by atoms with Crippen LogP contribution in [0.15, 0.2) is 71.3 Å². The van der Waals surface area contributed by atoms with Crippen LogP contribution in [0.5, 0.6) is 5.75 Å². The number of hydrogen-bond donors (Lipinski definition) is 1. The molecule has 2 aromatic carbocycles. The molecule has 1 aromatic heterocycles. The van der Waals surface area contributed by atoms with Crippen LogP contribution in [0, 0.1) is 0 Å². The molecular formula is C29H34N2O4. The predicted octanol–water partition coefficient (Wildman–Crippen LogP) is 5.85. The minimum absolute atomic E-state index is 0.131. The molecule has 0 unspecified atom stereocenters. The number of carbonyl (C=O) groups excluding carboxylic acids is 2. The van der Waals surface area contributed by atoms with Gasteiger partial charge in [0, 0.05) is 11.6 Å². The molecule has 1 aliphatic carbocycles. The number of benzene rings is 2. The summed E-state index contributed by atoms with van der Waals surface area (Å²) in [5, 5.41) is 3.22. The van der Waals surface area contributed by atoms with E-state index in [4.69, 9.17) is 9.15 Å². The van der Waals surface area contributed by atoms with Gasteiger partial charge in [-0.15, -0.1) is 0 Å². The van der Waals surface area contributed by atoms with Crippen molar-refractivity contribution in [1.29, 1.82) is 0 Å². The van der Waals surface area contributed by atoms with E-state index in [2.05, 4.69) is 19.2 Å². The molecule has 1 fully saturated rings. The Kier molecular flexibility index (Phi) is 7.91. The Balaban J connectivity index is 1.77. The summed E-state index contributed by atoms with van der Waals surface area (Å²) in [5.41, 5.74) is 2.75. The first-order valence-electron chi connectivity index (χ1n) is 12.3. The van der Waals surface area contributed by atoms with E-state index in [0.29, 0.717) is 11.7 Å². The quantitative estimate of drug-likeness (QED) is 0.422. The van der Waals surface area contributed by atoms with Gasteiger partial charge in [0.2, 0.25) is 5.91 Å². The van der Waals surface area contributed by atoms with Crippen LogP contribution in [0.25, 0.3) is 0 Å². The molecule has 0 bridgehead atoms. The van der Waals surface area contributed by atoms with Crippen molar-refractivity contribution in [1.82, 2.24) is 10.2 Å². The van der Waals surface area contributed by atoms with Gasteiger partial charge < -0.3 is 19.4 Å². The topological polar surface area (TPSA) is 71.8 Å². The fraction of sp³-hybridized carbons (Fsp3) is 0.379. The van der Waals surface area contributed by atoms with Crippen molar-refractivity contribution in [3.8, 4) is 5.75 Å². The second-order valence-electron chi connectivity index (χ2n) is 9.44. The molecule has 0 saturated heterocycles. The van der Waals surface area contributed by atoms with Gasteiger partial charge in [0.25, 0.3) is 5.91 Å². The van der Waals surface area contributed by atoms with Crippen LogP contribution >= 0.6 is 0 Å². The highest BCUT2D eigenvalue weighted by molar-refractivity contribution is 5.96. The largest absolute Gasteiger partial charge is 0.496 e. The maximum Gasteiger partial charge on any atom is 0.290 e. The van der Waals surface area contributed by atoms with E-state index in [-0.39, 0.29) is 30.2 Å². The summed E-state index contributed by atoms with van der Waals surface area (Å²) < 4.78 is 11.0. The fourth-order valence-electron chi connectivity index (χ4n) is 4.73. The molecule has 184 valence electrons. The summed E-state index contributed by atoms with van der Waals surface area (Å²) in [7, 11) is 1.60. The number of furan rings is 1. The van der Waals surface area contributed by atoms with Gasteiger partial charge in [0.1, 0.15) is 11.8 Å². The molecule has 1 heterocycles. The van der Waals surface area contributed by atoms with Gasteiger partial charge in [-0.25, -0.2) is 0 Å². The van der Waals surface area contributed by atoms with E-state index in [1.807, 2.05) is 48.5 Å². The lowest BCUT2D eigenvalue weighted by atomic mass is 9.97. The van der Waals surface area contributed by atoms with Gasteiger partial charge in [-0.1, -0.05) is 69.2 Å². The number of rotatable bonds is 9. The van der Waals surface area contributed by atoms with Gasteiger partial charge >= 0.3 is 0 Å². The van der Waals surface area contributed by atoms with Crippen molar-refractivity contribution in [3.05, 3.63) is 89.4 Å². The van der Waals surface area contributed by atoms with Crippen LogP contribution in [0.4, 0.5) is 0 Å². The standard InChI is InChI=1S/C29H34N2O4/c1-20(2)21-14-16-22(17-15-21)27(28(32)30-24-10-5-6-11-24)31(29(33)26-13-8-18-35-26)19-23-9-4-7-12-25(23)34-3/h4,7-9,12-18,20,24,27H,5-6,10-11,19H2,1-3H3,(H,30,32)/t27-/m1/s1. The van der Waals surface area contributed by atoms with Gasteiger partial charge in [-0.3, -0.25) is 9.59 Å². The van der Waals surface area contributed by atoms with Crippen molar-refractivity contribution in [2.45, 2.75) is 64.1 Å². The number of hydrogen-bond acceptors (Lipinski definition) is 4. The van der Waals surface area contributed by atoms with E-state index < -0.39 is 6.04 Å². The summed E-state index contributed by atoms with van der Waals surface area (Å²) in [6.07, 6.45) is 5.61. The summed E-state index contributed by atoms with van der Waals surface area (Å²) in [4.78, 5) is 29.2. The van der Waals surface area contributed by atoms with Crippen molar-refractivity contribution in [3.63, 3.8) is 0 Å². The van der Waals surface area contributed by atoms with Crippen LogP contribution in [0.3, 0.4) is 0 Å². The maximum absolute atomic E-state index is 13.8. The Hall–Kier alpha value is -3.54. The van der Waals surface area contributed by atoms with Crippen molar-refractivity contribution in [2.24, 2.45) is 0 Å². The number of methoxy groups -OCH3 is 1. The van der Waals surface area contributed by atoms with Crippen LogP contribution < -0.4 is 10.1 Å². The van der Waals surface area contributed by atoms with E-state index >= 15 is 0 Å². The molecule has 6 nitrogen and oxygen atoms in total. The van der Waals surface area contributed by atoms with Crippen LogP contribution in [-0.4, -0.2) is 29.9 Å². The minimum Gasteiger partial charge on any atom is -0.496 e. The zero-order valence-electron chi connectivity index (χ0n) is 20.7. The molecule has 3 aromatic rings. The Morgan fingerprint density at radius 3 is 2.31 bits per heavy atom. The molecule has 1 aliphatic rings. The van der Waals surface area contributed by atoms with Crippen molar-refractivity contribution in [2.75, 3.05) is 7.11 Å². The monoisotopic (exact) mass is 474 g/mol. The molecular weight excluding hydrogens is 440 g/mol. The lowest BCUT2D eigenvalue weighted by Gasteiger charge is -2.32. The lowest BCUT2D eigenvalue weighted by molar-refractivity contribution is -0.126. The number of amides is 2. The molecule has 6 heteroatoms.